The van der Waals surface area contributed by atoms with Crippen LogP contribution in [0.2, 0.25) is 0 Å². The molecule has 7 nitrogen and oxygen atoms in total. The number of fused-ring (bicyclic) bond motifs is 7. The molecule has 7 heterocycles. The molecular formula is C77H77N7. The monoisotopic (exact) mass is 1100 g/mol. The highest BCUT2D eigenvalue weighted by Crippen LogP contribution is 2.23. The molecule has 0 spiro atoms. The summed E-state index contributed by atoms with van der Waals surface area (Å²) < 4.78 is 0. The van der Waals surface area contributed by atoms with Crippen molar-refractivity contribution in [2.75, 3.05) is 0 Å². The van der Waals surface area contributed by atoms with Crippen LogP contribution in [0, 0.1) is 96.9 Å². The first-order valence-electron chi connectivity index (χ1n) is 28.7. The molecule has 0 radical (unpaired) electrons. The van der Waals surface area contributed by atoms with Gasteiger partial charge < -0.3 is 0 Å². The summed E-state index contributed by atoms with van der Waals surface area (Å²) in [6, 6.07) is 58.5. The van der Waals surface area contributed by atoms with Crippen LogP contribution in [0.4, 0.5) is 0 Å². The predicted molar refractivity (Wildman–Crippen MR) is 359 cm³/mol. The van der Waals surface area contributed by atoms with Gasteiger partial charge in [0.25, 0.3) is 0 Å². The SMILES string of the molecule is Cc1cc(C)c2cccnc2c1.Cc1cc(C)c2ncccc2c1.Cc1cc2cccnc2cc1C.Cc1ccc(C)c2ncccc12.Cc1ccc2c(C)ccnc2c1.Cc1ccc2ncccc2c1C.Cc1ccnc2c(C)cccc12. The fraction of sp³-hybridized carbons (Fsp3) is 0.182. The second kappa shape index (κ2) is 28.4. The second-order valence-electron chi connectivity index (χ2n) is 21.9. The number of nitrogens with zero attached hydrogens (tertiary/aromatic N) is 7. The fourth-order valence-electron chi connectivity index (χ4n) is 10.2. The topological polar surface area (TPSA) is 90.2 Å². The highest BCUT2D eigenvalue weighted by molar-refractivity contribution is 5.87. The molecule has 14 aromatic rings. The number of pyridine rings is 7. The molecule has 0 saturated carbocycles. The second-order valence-corrected chi connectivity index (χ2v) is 21.9. The Bertz CT molecular complexity index is 4280. The standard InChI is InChI=1S/7C11H11N/c1-8-3-4-10-9(2)5-6-12-11(10)7-8;1-8-5-6-11-10(9(8)2)4-3-7-12-11;1-8-5-6-9(2)11-10(8)4-3-7-12-11;1-8-6-10-4-3-5-12-11(10)7-9(8)2;1-8-6-9(2)10-4-3-5-12-11(10)7-8;1-8-6-9(2)11-10(7-8)4-3-5-12-11;1-8-6-7-12-11-9(2)4-3-5-10(8)11/h7*3-7H,1-2H3. The van der Waals surface area contributed by atoms with Crippen LogP contribution in [0.5, 0.6) is 0 Å². The number of hydrogen-bond acceptors (Lipinski definition) is 7. The van der Waals surface area contributed by atoms with Gasteiger partial charge in [-0.25, -0.2) is 0 Å². The van der Waals surface area contributed by atoms with Gasteiger partial charge in [0.1, 0.15) is 0 Å². The average Bonchev–Trinajstić information content (AvgIpc) is 3.68. The zero-order chi connectivity index (χ0) is 59.9. The van der Waals surface area contributed by atoms with Crippen molar-refractivity contribution in [2.45, 2.75) is 96.9 Å². The molecule has 0 bridgehead atoms. The number of para-hydroxylation sites is 1. The molecule has 0 amide bonds. The molecule has 0 unspecified atom stereocenters. The van der Waals surface area contributed by atoms with Gasteiger partial charge in [-0.1, -0.05) is 96.6 Å². The van der Waals surface area contributed by atoms with Crippen LogP contribution in [0.1, 0.15) is 77.9 Å². The van der Waals surface area contributed by atoms with E-state index in [2.05, 4.69) is 259 Å². The summed E-state index contributed by atoms with van der Waals surface area (Å²) in [6.07, 6.45) is 12.9. The van der Waals surface area contributed by atoms with Gasteiger partial charge in [0.15, 0.2) is 0 Å². The van der Waals surface area contributed by atoms with Crippen molar-refractivity contribution in [3.63, 3.8) is 0 Å². The normalized spacial score (nSPS) is 10.5. The maximum absolute atomic E-state index is 4.34. The predicted octanol–water partition coefficient (Wildman–Crippen LogP) is 20.0. The summed E-state index contributed by atoms with van der Waals surface area (Å²) >= 11 is 0. The molecule has 7 aromatic carbocycles. The van der Waals surface area contributed by atoms with E-state index in [0.29, 0.717) is 0 Å². The molecular weight excluding hydrogens is 1020 g/mol. The molecule has 0 aliphatic heterocycles. The quantitative estimate of drug-likeness (QED) is 0.149. The lowest BCUT2D eigenvalue weighted by molar-refractivity contribution is 1.33. The zero-order valence-corrected chi connectivity index (χ0v) is 51.3. The van der Waals surface area contributed by atoms with Crippen molar-refractivity contribution in [3.05, 3.63) is 291 Å². The average molecular weight is 1100 g/mol. The van der Waals surface area contributed by atoms with Crippen molar-refractivity contribution in [1.82, 2.24) is 34.9 Å². The minimum atomic E-state index is 1.08. The van der Waals surface area contributed by atoms with Gasteiger partial charge >= 0.3 is 0 Å². The molecule has 0 saturated heterocycles. The largest absolute Gasteiger partial charge is 0.256 e. The first kappa shape index (κ1) is 60.5. The Balaban J connectivity index is 0.000000128. The highest BCUT2D eigenvalue weighted by atomic mass is 14.7. The first-order valence-corrected chi connectivity index (χ1v) is 28.7. The Hall–Kier alpha value is -9.59. The van der Waals surface area contributed by atoms with Gasteiger partial charge in [0.2, 0.25) is 0 Å². The van der Waals surface area contributed by atoms with Crippen molar-refractivity contribution in [2.24, 2.45) is 0 Å². The Morgan fingerprint density at radius 3 is 1.36 bits per heavy atom. The van der Waals surface area contributed by atoms with Gasteiger partial charge in [-0.3, -0.25) is 34.9 Å². The van der Waals surface area contributed by atoms with Crippen molar-refractivity contribution in [3.8, 4) is 0 Å². The number of aromatic nitrogens is 7. The van der Waals surface area contributed by atoms with Gasteiger partial charge in [-0.2, -0.15) is 0 Å². The summed E-state index contributed by atoms with van der Waals surface area (Å²) in [5.74, 6) is 0. The number of benzene rings is 7. The van der Waals surface area contributed by atoms with Crippen LogP contribution in [0.15, 0.2) is 213 Å². The maximum atomic E-state index is 4.34. The zero-order valence-electron chi connectivity index (χ0n) is 51.3. The van der Waals surface area contributed by atoms with Gasteiger partial charge in [0.05, 0.1) is 38.6 Å². The van der Waals surface area contributed by atoms with Crippen LogP contribution in [0.3, 0.4) is 0 Å². The molecule has 0 aliphatic rings. The number of rotatable bonds is 0. The molecule has 7 heteroatoms. The summed E-state index contributed by atoms with van der Waals surface area (Å²) in [4.78, 5) is 30.2. The van der Waals surface area contributed by atoms with Crippen LogP contribution in [-0.4, -0.2) is 34.9 Å². The lowest BCUT2D eigenvalue weighted by atomic mass is 10.0. The van der Waals surface area contributed by atoms with E-state index in [1.807, 2.05) is 85.8 Å². The molecule has 0 aliphatic carbocycles. The van der Waals surface area contributed by atoms with E-state index in [9.17, 15) is 0 Å². The van der Waals surface area contributed by atoms with E-state index >= 15 is 0 Å². The van der Waals surface area contributed by atoms with Gasteiger partial charge in [0, 0.05) is 81.1 Å². The molecule has 0 atom stereocenters. The molecule has 84 heavy (non-hydrogen) atoms. The third kappa shape index (κ3) is 15.5. The minimum absolute atomic E-state index is 1.08. The lowest BCUT2D eigenvalue weighted by Crippen LogP contribution is -1.84. The lowest BCUT2D eigenvalue weighted by Gasteiger charge is -2.03. The number of hydrogen-bond donors (Lipinski definition) is 0. The molecule has 0 N–H and O–H groups in total. The smallest absolute Gasteiger partial charge is 0.0733 e. The van der Waals surface area contributed by atoms with E-state index in [1.54, 1.807) is 0 Å². The summed E-state index contributed by atoms with van der Waals surface area (Å²) in [5, 5.41) is 8.74. The maximum Gasteiger partial charge on any atom is 0.0733 e. The molecule has 7 aromatic heterocycles. The van der Waals surface area contributed by atoms with E-state index in [0.717, 1.165) is 38.6 Å². The van der Waals surface area contributed by atoms with E-state index in [1.165, 1.54) is 116 Å². The van der Waals surface area contributed by atoms with Crippen LogP contribution < -0.4 is 0 Å². The molecule has 420 valence electrons. The third-order valence-electron chi connectivity index (χ3n) is 15.2. The summed E-state index contributed by atoms with van der Waals surface area (Å²) in [5.41, 5.74) is 25.8. The van der Waals surface area contributed by atoms with Crippen molar-refractivity contribution < 1.29 is 0 Å². The third-order valence-corrected chi connectivity index (χ3v) is 15.2. The van der Waals surface area contributed by atoms with Gasteiger partial charge in [-0.15, -0.1) is 0 Å². The van der Waals surface area contributed by atoms with Crippen molar-refractivity contribution >= 4 is 76.3 Å². The number of aryl methyl sites for hydroxylation is 14. The summed E-state index contributed by atoms with van der Waals surface area (Å²) in [6.45, 7) is 29.5. The van der Waals surface area contributed by atoms with E-state index in [4.69, 9.17) is 0 Å². The molecule has 14 rings (SSSR count). The van der Waals surface area contributed by atoms with Crippen molar-refractivity contribution in [1.29, 1.82) is 0 Å². The van der Waals surface area contributed by atoms with Crippen LogP contribution >= 0.6 is 0 Å². The van der Waals surface area contributed by atoms with E-state index < -0.39 is 0 Å². The first-order chi connectivity index (χ1) is 40.4. The highest BCUT2D eigenvalue weighted by Gasteiger charge is 2.04. The minimum Gasteiger partial charge on any atom is -0.256 e. The Morgan fingerprint density at radius 2 is 0.655 bits per heavy atom. The summed E-state index contributed by atoms with van der Waals surface area (Å²) in [7, 11) is 0. The van der Waals surface area contributed by atoms with Crippen LogP contribution in [-0.2, 0) is 0 Å². The van der Waals surface area contributed by atoms with E-state index in [-0.39, 0.29) is 0 Å². The fourth-order valence-corrected chi connectivity index (χ4v) is 10.2. The Morgan fingerprint density at radius 1 is 0.202 bits per heavy atom. The Kier molecular flexibility index (Phi) is 20.5. The Labute approximate surface area is 496 Å². The molecule has 0 fully saturated rings. The van der Waals surface area contributed by atoms with Crippen LogP contribution in [0.25, 0.3) is 76.3 Å². The van der Waals surface area contributed by atoms with Gasteiger partial charge in [-0.05, 0) is 248 Å².